The fraction of sp³-hybridized carbons (Fsp3) is 0.875. The van der Waals surface area contributed by atoms with Crippen LogP contribution in [0.15, 0.2) is 0 Å². The molecule has 0 radical (unpaired) electrons. The van der Waals surface area contributed by atoms with E-state index >= 15 is 0 Å². The lowest BCUT2D eigenvalue weighted by Crippen LogP contribution is -3.17. The van der Waals surface area contributed by atoms with Crippen molar-refractivity contribution in [3.63, 3.8) is 0 Å². The van der Waals surface area contributed by atoms with Crippen molar-refractivity contribution in [2.75, 3.05) is 13.1 Å². The zero-order valence-electron chi connectivity index (χ0n) is 13.6. The Morgan fingerprint density at radius 2 is 1.62 bits per heavy atom. The number of carbonyl (C=O) groups is 2. The molecule has 0 aromatic rings. The number of primary amides is 1. The molecule has 0 aromatic heterocycles. The second-order valence-corrected chi connectivity index (χ2v) is 6.93. The van der Waals surface area contributed by atoms with Gasteiger partial charge in [-0.1, -0.05) is 0 Å². The smallest absolute Gasteiger partial charge is 0.281 e. The van der Waals surface area contributed by atoms with Gasteiger partial charge in [0.2, 0.25) is 5.91 Å². The van der Waals surface area contributed by atoms with Gasteiger partial charge < -0.3 is 15.5 Å². The zero-order chi connectivity index (χ0) is 15.6. The van der Waals surface area contributed by atoms with E-state index < -0.39 is 0 Å². The molecule has 120 valence electrons. The summed E-state index contributed by atoms with van der Waals surface area (Å²) in [4.78, 5) is 27.5. The molecule has 21 heavy (non-hydrogen) atoms. The fourth-order valence-electron chi connectivity index (χ4n) is 3.96. The molecule has 5 nitrogen and oxygen atoms in total. The Morgan fingerprint density at radius 3 is 2.10 bits per heavy atom. The van der Waals surface area contributed by atoms with Crippen molar-refractivity contribution in [3.8, 4) is 0 Å². The summed E-state index contributed by atoms with van der Waals surface area (Å²) in [6.45, 7) is 8.11. The van der Waals surface area contributed by atoms with E-state index in [9.17, 15) is 9.59 Å². The Bertz CT molecular complexity index is 381. The summed E-state index contributed by atoms with van der Waals surface area (Å²) in [5.74, 6) is 0.0948. The average molecular weight is 296 g/mol. The number of hydrogen-bond acceptors (Lipinski definition) is 2. The van der Waals surface area contributed by atoms with Gasteiger partial charge in [-0.05, 0) is 40.0 Å². The van der Waals surface area contributed by atoms with Crippen LogP contribution in [0.3, 0.4) is 0 Å². The van der Waals surface area contributed by atoms with Gasteiger partial charge in [-0.15, -0.1) is 0 Å². The van der Waals surface area contributed by atoms with Gasteiger partial charge in [0.25, 0.3) is 5.91 Å². The van der Waals surface area contributed by atoms with Crippen molar-refractivity contribution in [3.05, 3.63) is 0 Å². The van der Waals surface area contributed by atoms with Crippen molar-refractivity contribution in [1.29, 1.82) is 0 Å². The third-order valence-corrected chi connectivity index (χ3v) is 5.46. The number of piperidine rings is 2. The lowest BCUT2D eigenvalue weighted by atomic mass is 9.94. The van der Waals surface area contributed by atoms with Gasteiger partial charge in [0.1, 0.15) is 0 Å². The molecule has 2 aliphatic rings. The first kappa shape index (κ1) is 16.3. The summed E-state index contributed by atoms with van der Waals surface area (Å²) in [5, 5.41) is 0. The highest BCUT2D eigenvalue weighted by molar-refractivity contribution is 5.81. The van der Waals surface area contributed by atoms with Crippen LogP contribution in [0.1, 0.15) is 52.9 Å². The minimum Gasteiger partial charge on any atom is -0.369 e. The third-order valence-electron chi connectivity index (χ3n) is 5.46. The van der Waals surface area contributed by atoms with Crippen LogP contribution in [0, 0.1) is 5.92 Å². The van der Waals surface area contributed by atoms with Crippen molar-refractivity contribution in [2.24, 2.45) is 11.7 Å². The summed E-state index contributed by atoms with van der Waals surface area (Å²) in [6, 6.07) is 0.694. The molecule has 0 aromatic carbocycles. The predicted molar refractivity (Wildman–Crippen MR) is 81.7 cm³/mol. The lowest BCUT2D eigenvalue weighted by molar-refractivity contribution is -0.920. The van der Waals surface area contributed by atoms with Crippen LogP contribution < -0.4 is 10.6 Å². The van der Waals surface area contributed by atoms with Crippen LogP contribution >= 0.6 is 0 Å². The maximum absolute atomic E-state index is 12.8. The number of carbonyl (C=O) groups excluding carboxylic acids is 2. The second-order valence-electron chi connectivity index (χ2n) is 6.93. The maximum Gasteiger partial charge on any atom is 0.281 e. The Hall–Kier alpha value is -1.10. The molecule has 3 N–H and O–H groups in total. The number of likely N-dealkylation sites (tertiary alicyclic amines) is 2. The molecule has 3 atom stereocenters. The molecule has 2 saturated heterocycles. The number of nitrogens with two attached hydrogens (primary N) is 1. The minimum atomic E-state index is -0.189. The van der Waals surface area contributed by atoms with Gasteiger partial charge >= 0.3 is 0 Å². The van der Waals surface area contributed by atoms with Crippen LogP contribution in [0.25, 0.3) is 0 Å². The lowest BCUT2D eigenvalue weighted by Gasteiger charge is -2.42. The van der Waals surface area contributed by atoms with Crippen LogP contribution in [0.2, 0.25) is 0 Å². The molecule has 5 heteroatoms. The highest BCUT2D eigenvalue weighted by Crippen LogP contribution is 2.23. The minimum absolute atomic E-state index is 0.00360. The second kappa shape index (κ2) is 6.77. The van der Waals surface area contributed by atoms with Gasteiger partial charge in [-0.3, -0.25) is 9.59 Å². The van der Waals surface area contributed by atoms with E-state index in [1.165, 1.54) is 11.3 Å². The summed E-state index contributed by atoms with van der Waals surface area (Å²) in [5.41, 5.74) is 5.38. The average Bonchev–Trinajstić information content (AvgIpc) is 2.46. The van der Waals surface area contributed by atoms with Crippen molar-refractivity contribution >= 4 is 11.8 Å². The number of rotatable bonds is 3. The van der Waals surface area contributed by atoms with Crippen LogP contribution in [0.5, 0.6) is 0 Å². The largest absolute Gasteiger partial charge is 0.369 e. The van der Waals surface area contributed by atoms with Crippen LogP contribution in [-0.2, 0) is 9.59 Å². The summed E-state index contributed by atoms with van der Waals surface area (Å²) >= 11 is 0. The Morgan fingerprint density at radius 1 is 1.10 bits per heavy atom. The molecule has 0 unspecified atom stereocenters. The number of nitrogens with zero attached hydrogens (tertiary/aromatic N) is 1. The number of hydrogen-bond donors (Lipinski definition) is 2. The quantitative estimate of drug-likeness (QED) is 0.766. The number of amides is 2. The van der Waals surface area contributed by atoms with Gasteiger partial charge in [-0.25, -0.2) is 0 Å². The molecular formula is C16H30N3O2+. The predicted octanol–water partition coefficient (Wildman–Crippen LogP) is -0.0554. The standard InChI is InChI=1S/C16H29N3O2/c1-11-5-4-6-12(2)19(11)16(21)13(3)18-9-7-14(8-10-18)15(17)20/h11-14H,4-10H2,1-3H3,(H2,17,20)/p+1/t11-,12+,13-/m1/s1. The Labute approximate surface area is 127 Å². The van der Waals surface area contributed by atoms with E-state index in [-0.39, 0.29) is 23.8 Å². The van der Waals surface area contributed by atoms with Gasteiger partial charge in [-0.2, -0.15) is 0 Å². The normalized spacial score (nSPS) is 35.3. The van der Waals surface area contributed by atoms with Crippen molar-refractivity contribution in [2.45, 2.75) is 71.0 Å². The summed E-state index contributed by atoms with van der Waals surface area (Å²) in [7, 11) is 0. The zero-order valence-corrected chi connectivity index (χ0v) is 13.6. The summed E-state index contributed by atoms with van der Waals surface area (Å²) in [6.07, 6.45) is 5.07. The molecule has 2 amide bonds. The molecule has 2 fully saturated rings. The summed E-state index contributed by atoms with van der Waals surface area (Å²) < 4.78 is 0. The van der Waals surface area contributed by atoms with E-state index in [4.69, 9.17) is 5.73 Å². The highest BCUT2D eigenvalue weighted by Gasteiger charge is 2.38. The molecule has 2 aliphatic heterocycles. The molecule has 2 rings (SSSR count). The van der Waals surface area contributed by atoms with E-state index in [0.29, 0.717) is 12.1 Å². The Kier molecular flexibility index (Phi) is 5.25. The van der Waals surface area contributed by atoms with E-state index in [1.54, 1.807) is 0 Å². The van der Waals surface area contributed by atoms with E-state index in [2.05, 4.69) is 18.7 Å². The molecule has 0 spiro atoms. The van der Waals surface area contributed by atoms with E-state index in [1.807, 2.05) is 6.92 Å². The molecule has 0 aliphatic carbocycles. The molecule has 2 heterocycles. The van der Waals surface area contributed by atoms with Gasteiger partial charge in [0.05, 0.1) is 13.1 Å². The van der Waals surface area contributed by atoms with E-state index in [0.717, 1.165) is 38.8 Å². The van der Waals surface area contributed by atoms with Crippen molar-refractivity contribution in [1.82, 2.24) is 4.90 Å². The maximum atomic E-state index is 12.8. The fourth-order valence-corrected chi connectivity index (χ4v) is 3.96. The molecular weight excluding hydrogens is 266 g/mol. The van der Waals surface area contributed by atoms with Gasteiger partial charge in [0, 0.05) is 30.8 Å². The van der Waals surface area contributed by atoms with Crippen LogP contribution in [-0.4, -0.2) is 47.9 Å². The Balaban J connectivity index is 1.95. The monoisotopic (exact) mass is 296 g/mol. The number of nitrogens with one attached hydrogen (secondary N) is 1. The number of quaternary nitrogens is 1. The third kappa shape index (κ3) is 3.57. The van der Waals surface area contributed by atoms with Gasteiger partial charge in [0.15, 0.2) is 6.04 Å². The SMILES string of the molecule is C[C@@H]1CCC[C@H](C)N1C(=O)[C@@H](C)[NH+]1CCC(C(N)=O)CC1. The first-order chi connectivity index (χ1) is 9.91. The molecule has 0 bridgehead atoms. The van der Waals surface area contributed by atoms with Crippen molar-refractivity contribution < 1.29 is 14.5 Å². The first-order valence-electron chi connectivity index (χ1n) is 8.38. The first-order valence-corrected chi connectivity index (χ1v) is 8.38. The van der Waals surface area contributed by atoms with Crippen LogP contribution in [0.4, 0.5) is 0 Å². The highest BCUT2D eigenvalue weighted by atomic mass is 16.2. The topological polar surface area (TPSA) is 67.8 Å². The molecule has 0 saturated carbocycles.